The summed E-state index contributed by atoms with van der Waals surface area (Å²) in [6.07, 6.45) is 0. The fourth-order valence-corrected chi connectivity index (χ4v) is 1.16. The maximum absolute atomic E-state index is 11.3. The zero-order chi connectivity index (χ0) is 10.9. The second-order valence-electron chi connectivity index (χ2n) is 3.05. The van der Waals surface area contributed by atoms with E-state index >= 15 is 0 Å². The van der Waals surface area contributed by atoms with Crippen molar-refractivity contribution in [1.82, 2.24) is 9.55 Å². The van der Waals surface area contributed by atoms with E-state index in [1.807, 2.05) is 4.98 Å². The Labute approximate surface area is 78.5 Å². The zero-order valence-corrected chi connectivity index (χ0v) is 7.77. The number of nitrogens with one attached hydrogen (secondary N) is 1. The second-order valence-corrected chi connectivity index (χ2v) is 3.05. The Morgan fingerprint density at radius 1 is 1.43 bits per heavy atom. The minimum atomic E-state index is -0.862. The molecule has 0 aliphatic rings. The van der Waals surface area contributed by atoms with Crippen LogP contribution in [0.15, 0.2) is 14.8 Å². The first-order valence-electron chi connectivity index (χ1n) is 3.96. The molecule has 0 saturated heterocycles. The molecule has 76 valence electrons. The summed E-state index contributed by atoms with van der Waals surface area (Å²) in [5.74, 6) is -0.205. The Bertz CT molecular complexity index is 471. The van der Waals surface area contributed by atoms with Crippen molar-refractivity contribution in [3.63, 3.8) is 0 Å². The van der Waals surface area contributed by atoms with E-state index in [0.29, 0.717) is 0 Å². The van der Waals surface area contributed by atoms with Gasteiger partial charge in [-0.3, -0.25) is 14.3 Å². The van der Waals surface area contributed by atoms with Crippen molar-refractivity contribution in [1.29, 1.82) is 0 Å². The maximum Gasteiger partial charge on any atom is 0.330 e. The van der Waals surface area contributed by atoms with E-state index in [-0.39, 0.29) is 11.9 Å². The van der Waals surface area contributed by atoms with Crippen molar-refractivity contribution < 1.29 is 0 Å². The number of hydrogen-bond donors (Lipinski definition) is 2. The predicted octanol–water partition coefficient (Wildman–Crippen LogP) is 0.0976. The van der Waals surface area contributed by atoms with Crippen LogP contribution in [0.3, 0.4) is 0 Å². The van der Waals surface area contributed by atoms with Gasteiger partial charge < -0.3 is 5.73 Å². The number of nitrogens with two attached hydrogens (primary N) is 1. The SMILES string of the molecule is CC(C)n1c(N)c(N=O)c(=O)[nH]c1=O. The number of aromatic nitrogens is 2. The Hall–Kier alpha value is -1.92. The molecular formula is C7H10N4O3. The normalized spacial score (nSPS) is 10.5. The Kier molecular flexibility index (Phi) is 2.50. The molecule has 0 aliphatic heterocycles. The molecule has 0 aliphatic carbocycles. The van der Waals surface area contributed by atoms with Gasteiger partial charge in [0.2, 0.25) is 5.69 Å². The van der Waals surface area contributed by atoms with Gasteiger partial charge in [0.25, 0.3) is 5.56 Å². The molecule has 1 heterocycles. The molecule has 0 fully saturated rings. The molecule has 0 atom stereocenters. The van der Waals surface area contributed by atoms with E-state index in [9.17, 15) is 14.5 Å². The molecular weight excluding hydrogens is 188 g/mol. The van der Waals surface area contributed by atoms with Gasteiger partial charge in [-0.05, 0) is 19.0 Å². The molecule has 14 heavy (non-hydrogen) atoms. The number of aromatic amines is 1. The molecule has 3 N–H and O–H groups in total. The quantitative estimate of drug-likeness (QED) is 0.656. The van der Waals surface area contributed by atoms with Gasteiger partial charge >= 0.3 is 5.69 Å². The van der Waals surface area contributed by atoms with Crippen molar-refractivity contribution in [2.24, 2.45) is 5.18 Å². The average molecular weight is 198 g/mol. The maximum atomic E-state index is 11.3. The highest BCUT2D eigenvalue weighted by molar-refractivity contribution is 5.55. The van der Waals surface area contributed by atoms with Gasteiger partial charge in [-0.25, -0.2) is 4.79 Å². The number of rotatable bonds is 2. The van der Waals surface area contributed by atoms with Crippen molar-refractivity contribution in [2.75, 3.05) is 5.73 Å². The molecule has 7 heteroatoms. The summed E-state index contributed by atoms with van der Waals surface area (Å²) in [6, 6.07) is -0.250. The monoisotopic (exact) mass is 198 g/mol. The first-order valence-corrected chi connectivity index (χ1v) is 3.96. The highest BCUT2D eigenvalue weighted by Crippen LogP contribution is 2.16. The lowest BCUT2D eigenvalue weighted by Crippen LogP contribution is -2.32. The summed E-state index contributed by atoms with van der Waals surface area (Å²) in [5.41, 5.74) is 3.48. The van der Waals surface area contributed by atoms with Crippen LogP contribution in [0, 0.1) is 4.91 Å². The lowest BCUT2D eigenvalue weighted by molar-refractivity contribution is 0.571. The fraction of sp³-hybridized carbons (Fsp3) is 0.429. The number of nitrogen functional groups attached to an aromatic ring is 1. The van der Waals surface area contributed by atoms with E-state index in [2.05, 4.69) is 5.18 Å². The van der Waals surface area contributed by atoms with Crippen LogP contribution in [-0.2, 0) is 0 Å². The summed E-state index contributed by atoms with van der Waals surface area (Å²) in [7, 11) is 0. The molecule has 0 saturated carbocycles. The van der Waals surface area contributed by atoms with E-state index in [0.717, 1.165) is 4.57 Å². The molecule has 7 nitrogen and oxygen atoms in total. The number of nitrogens with zero attached hydrogens (tertiary/aromatic N) is 2. The van der Waals surface area contributed by atoms with Crippen LogP contribution in [0.4, 0.5) is 11.5 Å². The highest BCUT2D eigenvalue weighted by atomic mass is 16.3. The minimum absolute atomic E-state index is 0.205. The molecule has 0 spiro atoms. The lowest BCUT2D eigenvalue weighted by Gasteiger charge is -2.12. The Morgan fingerprint density at radius 2 is 2.00 bits per heavy atom. The van der Waals surface area contributed by atoms with Crippen LogP contribution >= 0.6 is 0 Å². The van der Waals surface area contributed by atoms with Gasteiger partial charge in [0.05, 0.1) is 0 Å². The van der Waals surface area contributed by atoms with Crippen molar-refractivity contribution in [3.05, 3.63) is 25.7 Å². The summed E-state index contributed by atoms with van der Waals surface area (Å²) < 4.78 is 1.10. The highest BCUT2D eigenvalue weighted by Gasteiger charge is 2.14. The van der Waals surface area contributed by atoms with Crippen LogP contribution in [0.5, 0.6) is 0 Å². The van der Waals surface area contributed by atoms with Gasteiger partial charge in [-0.15, -0.1) is 4.91 Å². The summed E-state index contributed by atoms with van der Waals surface area (Å²) in [5, 5.41) is 2.48. The van der Waals surface area contributed by atoms with E-state index < -0.39 is 16.9 Å². The van der Waals surface area contributed by atoms with E-state index in [4.69, 9.17) is 5.73 Å². The average Bonchev–Trinajstić information content (AvgIpc) is 2.02. The van der Waals surface area contributed by atoms with Crippen molar-refractivity contribution >= 4 is 11.5 Å². The van der Waals surface area contributed by atoms with E-state index in [1.165, 1.54) is 0 Å². The Balaban J connectivity index is 3.69. The van der Waals surface area contributed by atoms with E-state index in [1.54, 1.807) is 13.8 Å². The summed E-state index contributed by atoms with van der Waals surface area (Å²) >= 11 is 0. The van der Waals surface area contributed by atoms with Gasteiger partial charge in [0.15, 0.2) is 0 Å². The molecule has 0 amide bonds. The smallest absolute Gasteiger partial charge is 0.330 e. The lowest BCUT2D eigenvalue weighted by atomic mass is 10.3. The predicted molar refractivity (Wildman–Crippen MR) is 51.6 cm³/mol. The summed E-state index contributed by atoms with van der Waals surface area (Å²) in [4.78, 5) is 34.5. The number of H-pyrrole nitrogens is 1. The Morgan fingerprint density at radius 3 is 2.43 bits per heavy atom. The van der Waals surface area contributed by atoms with Gasteiger partial charge in [0.1, 0.15) is 5.82 Å². The number of anilines is 1. The van der Waals surface area contributed by atoms with Crippen LogP contribution < -0.4 is 17.0 Å². The molecule has 1 rings (SSSR count). The first-order chi connectivity index (χ1) is 6.49. The molecule has 0 bridgehead atoms. The third-order valence-corrected chi connectivity index (χ3v) is 1.76. The van der Waals surface area contributed by atoms with Crippen LogP contribution in [0.25, 0.3) is 0 Å². The zero-order valence-electron chi connectivity index (χ0n) is 7.77. The fourth-order valence-electron chi connectivity index (χ4n) is 1.16. The van der Waals surface area contributed by atoms with Crippen LogP contribution in [0.2, 0.25) is 0 Å². The van der Waals surface area contributed by atoms with Gasteiger partial charge in [-0.2, -0.15) is 0 Å². The topological polar surface area (TPSA) is 110 Å². The van der Waals surface area contributed by atoms with Gasteiger partial charge in [-0.1, -0.05) is 0 Å². The molecule has 0 radical (unpaired) electrons. The first kappa shape index (κ1) is 10.2. The molecule has 0 aromatic carbocycles. The largest absolute Gasteiger partial charge is 0.383 e. The summed E-state index contributed by atoms with van der Waals surface area (Å²) in [6.45, 7) is 3.40. The van der Waals surface area contributed by atoms with Crippen molar-refractivity contribution in [2.45, 2.75) is 19.9 Å². The second kappa shape index (κ2) is 3.44. The third-order valence-electron chi connectivity index (χ3n) is 1.76. The molecule has 1 aromatic heterocycles. The van der Waals surface area contributed by atoms with Gasteiger partial charge in [0, 0.05) is 6.04 Å². The number of hydrogen-bond acceptors (Lipinski definition) is 5. The molecule has 0 unspecified atom stereocenters. The molecule has 1 aromatic rings. The van der Waals surface area contributed by atoms with Crippen LogP contribution in [0.1, 0.15) is 19.9 Å². The third kappa shape index (κ3) is 1.43. The number of nitroso groups, excluding NO2 is 1. The van der Waals surface area contributed by atoms with Crippen molar-refractivity contribution in [3.8, 4) is 0 Å². The van der Waals surface area contributed by atoms with Crippen LogP contribution in [-0.4, -0.2) is 9.55 Å². The standard InChI is InChI=1S/C7H10N4O3/c1-3(2)11-5(8)4(10-14)6(12)9-7(11)13/h3H,8H2,1-2H3,(H,9,12,13). The minimum Gasteiger partial charge on any atom is -0.383 e.